The first-order chi connectivity index (χ1) is 10.1. The Morgan fingerprint density at radius 3 is 2.48 bits per heavy atom. The fourth-order valence-corrected chi connectivity index (χ4v) is 3.70. The maximum absolute atomic E-state index is 6.26. The lowest BCUT2D eigenvalue weighted by molar-refractivity contribution is 0.153. The lowest BCUT2D eigenvalue weighted by Gasteiger charge is -2.33. The Balaban J connectivity index is 1.98. The van der Waals surface area contributed by atoms with E-state index in [9.17, 15) is 0 Å². The molecule has 1 heterocycles. The van der Waals surface area contributed by atoms with E-state index in [-0.39, 0.29) is 6.10 Å². The fraction of sp³-hybridized carbons (Fsp3) is 0.333. The molecule has 0 radical (unpaired) electrons. The summed E-state index contributed by atoms with van der Waals surface area (Å²) in [7, 11) is 2.02. The fourth-order valence-electron chi connectivity index (χ4n) is 2.95. The Kier molecular flexibility index (Phi) is 4.05. The molecule has 2 aromatic rings. The smallest absolute Gasteiger partial charge is 0.127 e. The third kappa shape index (κ3) is 2.85. The van der Waals surface area contributed by atoms with E-state index in [0.29, 0.717) is 6.04 Å². The minimum Gasteiger partial charge on any atom is -0.485 e. The van der Waals surface area contributed by atoms with Crippen molar-refractivity contribution in [3.05, 3.63) is 63.1 Å². The van der Waals surface area contributed by atoms with Crippen LogP contribution in [-0.2, 0) is 0 Å². The van der Waals surface area contributed by atoms with Crippen molar-refractivity contribution in [2.45, 2.75) is 32.4 Å². The number of nitrogens with one attached hydrogen (secondary N) is 1. The highest BCUT2D eigenvalue weighted by molar-refractivity contribution is 9.10. The molecule has 3 rings (SSSR count). The molecule has 3 heteroatoms. The molecule has 2 aromatic carbocycles. The molecule has 1 N–H and O–H groups in total. The summed E-state index contributed by atoms with van der Waals surface area (Å²) in [5.41, 5.74) is 5.00. The molecule has 110 valence electrons. The van der Waals surface area contributed by atoms with Gasteiger partial charge in [-0.2, -0.15) is 0 Å². The molecule has 0 saturated heterocycles. The monoisotopic (exact) mass is 345 g/mol. The summed E-state index contributed by atoms with van der Waals surface area (Å²) in [5.74, 6) is 0.990. The summed E-state index contributed by atoms with van der Waals surface area (Å²) in [6, 6.07) is 13.2. The van der Waals surface area contributed by atoms with Crippen molar-refractivity contribution in [2.24, 2.45) is 0 Å². The summed E-state index contributed by atoms with van der Waals surface area (Å²) in [5, 5.41) is 3.42. The first-order valence-electron chi connectivity index (χ1n) is 7.29. The number of hydrogen-bond acceptors (Lipinski definition) is 2. The number of benzene rings is 2. The zero-order valence-electron chi connectivity index (χ0n) is 12.6. The van der Waals surface area contributed by atoms with Gasteiger partial charge in [-0.15, -0.1) is 0 Å². The third-order valence-corrected chi connectivity index (χ3v) is 4.80. The summed E-state index contributed by atoms with van der Waals surface area (Å²) in [4.78, 5) is 0. The first kappa shape index (κ1) is 14.6. The second-order valence-electron chi connectivity index (χ2n) is 5.75. The molecule has 0 saturated carbocycles. The van der Waals surface area contributed by atoms with Gasteiger partial charge < -0.3 is 10.1 Å². The van der Waals surface area contributed by atoms with Crippen molar-refractivity contribution in [2.75, 3.05) is 7.05 Å². The van der Waals surface area contributed by atoms with E-state index in [0.717, 1.165) is 16.6 Å². The maximum Gasteiger partial charge on any atom is 0.127 e. The van der Waals surface area contributed by atoms with Crippen molar-refractivity contribution < 1.29 is 4.74 Å². The van der Waals surface area contributed by atoms with E-state index in [1.165, 1.54) is 22.3 Å². The average molecular weight is 346 g/mol. The van der Waals surface area contributed by atoms with Gasteiger partial charge in [-0.3, -0.25) is 0 Å². The number of aryl methyl sites for hydroxylation is 2. The minimum absolute atomic E-state index is 0.0765. The van der Waals surface area contributed by atoms with E-state index >= 15 is 0 Å². The van der Waals surface area contributed by atoms with Crippen LogP contribution in [0.4, 0.5) is 0 Å². The van der Waals surface area contributed by atoms with Gasteiger partial charge in [-0.25, -0.2) is 0 Å². The van der Waals surface area contributed by atoms with Crippen LogP contribution in [-0.4, -0.2) is 7.05 Å². The number of rotatable bonds is 2. The molecular weight excluding hydrogens is 326 g/mol. The van der Waals surface area contributed by atoms with Crippen molar-refractivity contribution in [1.29, 1.82) is 0 Å². The van der Waals surface area contributed by atoms with E-state index in [2.05, 4.69) is 71.5 Å². The van der Waals surface area contributed by atoms with E-state index in [4.69, 9.17) is 4.74 Å². The molecule has 1 aliphatic rings. The van der Waals surface area contributed by atoms with E-state index in [1.54, 1.807) is 0 Å². The summed E-state index contributed by atoms with van der Waals surface area (Å²) >= 11 is 3.68. The normalized spacial score (nSPS) is 20.8. The topological polar surface area (TPSA) is 21.3 Å². The second-order valence-corrected chi connectivity index (χ2v) is 6.60. The van der Waals surface area contributed by atoms with Crippen molar-refractivity contribution in [3.63, 3.8) is 0 Å². The Morgan fingerprint density at radius 2 is 1.76 bits per heavy atom. The van der Waals surface area contributed by atoms with Gasteiger partial charge in [0.1, 0.15) is 11.9 Å². The highest BCUT2D eigenvalue weighted by Crippen LogP contribution is 2.42. The lowest BCUT2D eigenvalue weighted by atomic mass is 9.92. The van der Waals surface area contributed by atoms with Gasteiger partial charge in [-0.1, -0.05) is 45.8 Å². The molecule has 0 aliphatic carbocycles. The molecule has 0 bridgehead atoms. The van der Waals surface area contributed by atoms with E-state index in [1.807, 2.05) is 7.05 Å². The Morgan fingerprint density at radius 1 is 1.05 bits per heavy atom. The van der Waals surface area contributed by atoms with Gasteiger partial charge in [0.15, 0.2) is 0 Å². The van der Waals surface area contributed by atoms with Crippen LogP contribution in [0.25, 0.3) is 0 Å². The molecule has 0 amide bonds. The van der Waals surface area contributed by atoms with Gasteiger partial charge in [0.05, 0.1) is 0 Å². The third-order valence-electron chi connectivity index (χ3n) is 4.11. The summed E-state index contributed by atoms with van der Waals surface area (Å²) < 4.78 is 7.38. The predicted octanol–water partition coefficient (Wildman–Crippen LogP) is 4.85. The molecule has 0 fully saturated rings. The van der Waals surface area contributed by atoms with Crippen LogP contribution in [0.5, 0.6) is 5.75 Å². The lowest BCUT2D eigenvalue weighted by Crippen LogP contribution is -2.27. The summed E-state index contributed by atoms with van der Waals surface area (Å²) in [6.45, 7) is 4.22. The van der Waals surface area contributed by atoms with Gasteiger partial charge in [-0.05, 0) is 38.6 Å². The van der Waals surface area contributed by atoms with Crippen LogP contribution in [0.2, 0.25) is 0 Å². The van der Waals surface area contributed by atoms with Crippen LogP contribution >= 0.6 is 15.9 Å². The number of ether oxygens (including phenoxy) is 1. The van der Waals surface area contributed by atoms with E-state index < -0.39 is 0 Å². The van der Waals surface area contributed by atoms with Crippen LogP contribution in [0.1, 0.15) is 40.8 Å². The molecular formula is C18H20BrNO. The zero-order chi connectivity index (χ0) is 15.0. The SMILES string of the molecule is CNC1CC(c2ccc(C)cc2Br)Oc2ccc(C)cc21. The van der Waals surface area contributed by atoms with Crippen LogP contribution < -0.4 is 10.1 Å². The second kappa shape index (κ2) is 5.82. The number of halogens is 1. The standard InChI is InChI=1S/C18H20BrNO/c1-11-5-7-17-14(8-11)16(20-3)10-18(21-17)13-6-4-12(2)9-15(13)19/h4-9,16,18,20H,10H2,1-3H3. The first-order valence-corrected chi connectivity index (χ1v) is 8.08. The summed E-state index contributed by atoms with van der Waals surface area (Å²) in [6.07, 6.45) is 1.02. The number of fused-ring (bicyclic) bond motifs is 1. The van der Waals surface area contributed by atoms with Gasteiger partial charge in [0.2, 0.25) is 0 Å². The van der Waals surface area contributed by atoms with Gasteiger partial charge in [0, 0.05) is 28.1 Å². The quantitative estimate of drug-likeness (QED) is 0.839. The van der Waals surface area contributed by atoms with Gasteiger partial charge in [0.25, 0.3) is 0 Å². The van der Waals surface area contributed by atoms with Crippen LogP contribution in [0, 0.1) is 13.8 Å². The Bertz CT molecular complexity index is 668. The predicted molar refractivity (Wildman–Crippen MR) is 89.8 cm³/mol. The Hall–Kier alpha value is -1.32. The molecule has 0 aromatic heterocycles. The van der Waals surface area contributed by atoms with Crippen LogP contribution in [0.3, 0.4) is 0 Å². The van der Waals surface area contributed by atoms with Crippen molar-refractivity contribution >= 4 is 15.9 Å². The molecule has 2 unspecified atom stereocenters. The molecule has 1 aliphatic heterocycles. The molecule has 2 nitrogen and oxygen atoms in total. The maximum atomic E-state index is 6.26. The molecule has 2 atom stereocenters. The van der Waals surface area contributed by atoms with Crippen molar-refractivity contribution in [3.8, 4) is 5.75 Å². The average Bonchev–Trinajstić information content (AvgIpc) is 2.46. The highest BCUT2D eigenvalue weighted by Gasteiger charge is 2.29. The highest BCUT2D eigenvalue weighted by atomic mass is 79.9. The van der Waals surface area contributed by atoms with Crippen molar-refractivity contribution in [1.82, 2.24) is 5.32 Å². The molecule has 0 spiro atoms. The number of hydrogen-bond donors (Lipinski definition) is 1. The molecule has 21 heavy (non-hydrogen) atoms. The van der Waals surface area contributed by atoms with Gasteiger partial charge >= 0.3 is 0 Å². The largest absolute Gasteiger partial charge is 0.485 e. The minimum atomic E-state index is 0.0765. The van der Waals surface area contributed by atoms with Crippen LogP contribution in [0.15, 0.2) is 40.9 Å². The zero-order valence-corrected chi connectivity index (χ0v) is 14.2. The Labute approximate surface area is 134 Å².